The average Bonchev–Trinajstić information content (AvgIpc) is 3.07. The minimum atomic E-state index is -5.08. The van der Waals surface area contributed by atoms with Gasteiger partial charge in [-0.3, -0.25) is 4.72 Å². The molecule has 1 unspecified atom stereocenters. The summed E-state index contributed by atoms with van der Waals surface area (Å²) in [7, 11) is -3.85. The summed E-state index contributed by atoms with van der Waals surface area (Å²) in [6.45, 7) is 3.79. The monoisotopic (exact) mass is 732 g/mol. The fourth-order valence-electron chi connectivity index (χ4n) is 5.23. The van der Waals surface area contributed by atoms with E-state index >= 15 is 0 Å². The number of unbranched alkanes of at least 4 members (excludes halogenated alkanes) is 3. The lowest BCUT2D eigenvalue weighted by Crippen LogP contribution is -2.33. The number of halogens is 3. The van der Waals surface area contributed by atoms with E-state index < -0.39 is 22.2 Å². The molecule has 0 aliphatic carbocycles. The van der Waals surface area contributed by atoms with E-state index in [0.717, 1.165) is 60.5 Å². The third-order valence-electron chi connectivity index (χ3n) is 7.86. The van der Waals surface area contributed by atoms with E-state index in [1.807, 2.05) is 24.3 Å². The maximum atomic E-state index is 13.0. The number of hydrogen-bond acceptors (Lipinski definition) is 8. The van der Waals surface area contributed by atoms with Gasteiger partial charge >= 0.3 is 18.2 Å². The zero-order valence-corrected chi connectivity index (χ0v) is 28.4. The second-order valence-corrected chi connectivity index (χ2v) is 13.4. The van der Waals surface area contributed by atoms with Crippen LogP contribution < -0.4 is 25.4 Å². The number of fused-ring (bicyclic) bond motifs is 2. The number of ether oxygens (including phenoxy) is 1. The summed E-state index contributed by atoms with van der Waals surface area (Å²) < 4.78 is 66.5. The number of phenolic OH excluding ortho intramolecular Hbond substituents is 2. The van der Waals surface area contributed by atoms with Crippen LogP contribution in [0.4, 0.5) is 29.3 Å². The van der Waals surface area contributed by atoms with Crippen molar-refractivity contribution < 1.29 is 51.2 Å². The van der Waals surface area contributed by atoms with Crippen molar-refractivity contribution in [2.24, 2.45) is 0 Å². The molecular formula is C35H39F3N4O8S. The minimum Gasteiger partial charge on any atom is -0.504 e. The highest BCUT2D eigenvalue weighted by Crippen LogP contribution is 2.34. The molecule has 5 rings (SSSR count). The molecule has 0 saturated carbocycles. The Morgan fingerprint density at radius 3 is 2.24 bits per heavy atom. The Kier molecular flexibility index (Phi) is 13.0. The predicted molar refractivity (Wildman–Crippen MR) is 186 cm³/mol. The summed E-state index contributed by atoms with van der Waals surface area (Å²) in [5.41, 5.74) is 2.79. The Morgan fingerprint density at radius 1 is 0.902 bits per heavy atom. The van der Waals surface area contributed by atoms with Crippen molar-refractivity contribution in [1.82, 2.24) is 10.6 Å². The van der Waals surface area contributed by atoms with Crippen LogP contribution in [0.1, 0.15) is 49.8 Å². The van der Waals surface area contributed by atoms with Crippen molar-refractivity contribution in [2.75, 3.05) is 29.7 Å². The molecular weight excluding hydrogens is 693 g/mol. The number of benzene rings is 4. The molecule has 4 aromatic carbocycles. The molecule has 51 heavy (non-hydrogen) atoms. The highest BCUT2D eigenvalue weighted by Gasteiger charge is 2.38. The number of alkyl halides is 3. The number of nitrogens with one attached hydrogen (secondary N) is 4. The summed E-state index contributed by atoms with van der Waals surface area (Å²) >= 11 is 0. The van der Waals surface area contributed by atoms with Crippen LogP contribution in [0.25, 0.3) is 10.8 Å². The van der Waals surface area contributed by atoms with Crippen molar-refractivity contribution in [3.8, 4) is 17.2 Å². The molecule has 0 aromatic heterocycles. The fourth-order valence-corrected chi connectivity index (χ4v) is 6.28. The van der Waals surface area contributed by atoms with Gasteiger partial charge in [0.05, 0.1) is 10.9 Å². The van der Waals surface area contributed by atoms with E-state index in [1.54, 1.807) is 36.4 Å². The van der Waals surface area contributed by atoms with Gasteiger partial charge < -0.3 is 36.0 Å². The maximum absolute atomic E-state index is 13.0. The predicted octanol–water partition coefficient (Wildman–Crippen LogP) is 6.65. The van der Waals surface area contributed by atoms with Gasteiger partial charge in [0.1, 0.15) is 12.4 Å². The minimum absolute atomic E-state index is 0.0771. The van der Waals surface area contributed by atoms with E-state index in [2.05, 4.69) is 27.6 Å². The van der Waals surface area contributed by atoms with Crippen LogP contribution in [0.2, 0.25) is 0 Å². The van der Waals surface area contributed by atoms with Crippen LogP contribution in [0.5, 0.6) is 17.2 Å². The van der Waals surface area contributed by atoms with Crippen LogP contribution in [-0.2, 0) is 21.2 Å². The van der Waals surface area contributed by atoms with Crippen LogP contribution in [0.3, 0.4) is 0 Å². The van der Waals surface area contributed by atoms with Gasteiger partial charge in [-0.05, 0) is 102 Å². The first-order chi connectivity index (χ1) is 24.2. The molecule has 1 aliphatic rings. The third-order valence-corrected chi connectivity index (χ3v) is 9.26. The number of sulfonamides is 1. The largest absolute Gasteiger partial charge is 0.504 e. The van der Waals surface area contributed by atoms with Gasteiger partial charge in [0.2, 0.25) is 0 Å². The standard InChI is InChI=1S/C33H38N4O6S.C2HF3O2/c1-2-3-4-5-15-35-33(40)36-25-9-12-28(13-10-25)44(41,42)37-26-8-6-23-18-27(11-7-22(23)17-26)43-21-30-29-20-32(39)31(38)19-24(29)14-16-34-30;3-2(4,5)1(6)7/h6-13,17-20,30,34,37-39H,2-5,14-16,21H2,1H3,(H2,35,36,40);(H,6,7). The summed E-state index contributed by atoms with van der Waals surface area (Å²) in [4.78, 5) is 21.1. The van der Waals surface area contributed by atoms with Crippen molar-refractivity contribution in [2.45, 2.75) is 56.1 Å². The molecule has 0 spiro atoms. The number of aliphatic carboxylic acids is 1. The van der Waals surface area contributed by atoms with E-state index in [1.165, 1.54) is 12.1 Å². The number of carbonyl (C=O) groups is 2. The lowest BCUT2D eigenvalue weighted by Gasteiger charge is -2.27. The highest BCUT2D eigenvalue weighted by molar-refractivity contribution is 7.92. The van der Waals surface area contributed by atoms with Crippen molar-refractivity contribution >= 4 is 44.2 Å². The molecule has 1 atom stereocenters. The van der Waals surface area contributed by atoms with E-state index in [4.69, 9.17) is 14.6 Å². The zero-order valence-electron chi connectivity index (χ0n) is 27.6. The first-order valence-electron chi connectivity index (χ1n) is 16.1. The molecule has 12 nitrogen and oxygen atoms in total. The van der Waals surface area contributed by atoms with Gasteiger partial charge in [0, 0.05) is 17.9 Å². The number of carbonyl (C=O) groups excluding carboxylic acids is 1. The average molecular weight is 733 g/mol. The normalized spacial score (nSPS) is 14.1. The molecule has 0 saturated heterocycles. The second-order valence-electron chi connectivity index (χ2n) is 11.7. The van der Waals surface area contributed by atoms with E-state index in [-0.39, 0.29) is 28.5 Å². The lowest BCUT2D eigenvalue weighted by atomic mass is 9.94. The Morgan fingerprint density at radius 2 is 1.55 bits per heavy atom. The molecule has 7 N–H and O–H groups in total. The number of carboxylic acids is 1. The maximum Gasteiger partial charge on any atom is 0.490 e. The second kappa shape index (κ2) is 17.1. The van der Waals surface area contributed by atoms with Gasteiger partial charge in [-0.15, -0.1) is 0 Å². The SMILES string of the molecule is CCCCCCNC(=O)Nc1ccc(S(=O)(=O)Nc2ccc3cc(OCC4NCCc5cc(O)c(O)cc54)ccc3c2)cc1.O=C(O)C(F)(F)F. The summed E-state index contributed by atoms with van der Waals surface area (Å²) in [6, 6.07) is 19.6. The Labute approximate surface area is 292 Å². The lowest BCUT2D eigenvalue weighted by molar-refractivity contribution is -0.192. The molecule has 1 aliphatic heterocycles. The van der Waals surface area contributed by atoms with Crippen molar-refractivity contribution in [1.29, 1.82) is 0 Å². The topological polar surface area (TPSA) is 186 Å². The smallest absolute Gasteiger partial charge is 0.490 e. The van der Waals surface area contributed by atoms with Gasteiger partial charge in [0.15, 0.2) is 11.5 Å². The van der Waals surface area contributed by atoms with Gasteiger partial charge in [-0.25, -0.2) is 18.0 Å². The number of hydrogen-bond donors (Lipinski definition) is 7. The highest BCUT2D eigenvalue weighted by atomic mass is 32.2. The molecule has 16 heteroatoms. The van der Waals surface area contributed by atoms with Crippen LogP contribution in [-0.4, -0.2) is 61.6 Å². The van der Waals surface area contributed by atoms with Gasteiger partial charge in [-0.1, -0.05) is 38.3 Å². The molecule has 0 fully saturated rings. The fraction of sp³-hybridized carbons (Fsp3) is 0.314. The van der Waals surface area contributed by atoms with Gasteiger partial charge in [-0.2, -0.15) is 13.2 Å². The first kappa shape index (κ1) is 38.6. The summed E-state index contributed by atoms with van der Waals surface area (Å²) in [5, 5.41) is 37.5. The van der Waals surface area contributed by atoms with Crippen LogP contribution >= 0.6 is 0 Å². The summed E-state index contributed by atoms with van der Waals surface area (Å²) in [6.07, 6.45) is -0.0769. The van der Waals surface area contributed by atoms with E-state index in [0.29, 0.717) is 30.3 Å². The Balaban J connectivity index is 0.000000755. The number of anilines is 2. The van der Waals surface area contributed by atoms with Crippen molar-refractivity contribution in [3.63, 3.8) is 0 Å². The summed E-state index contributed by atoms with van der Waals surface area (Å²) in [5.74, 6) is -2.38. The van der Waals surface area contributed by atoms with Crippen molar-refractivity contribution in [3.05, 3.63) is 83.9 Å². The van der Waals surface area contributed by atoms with E-state index in [9.17, 15) is 36.6 Å². The number of phenols is 2. The number of urea groups is 1. The first-order valence-corrected chi connectivity index (χ1v) is 17.6. The number of carboxylic acid groups (broad SMARTS) is 1. The molecule has 0 bridgehead atoms. The molecule has 274 valence electrons. The van der Waals surface area contributed by atoms with Crippen LogP contribution in [0.15, 0.2) is 77.7 Å². The molecule has 1 heterocycles. The molecule has 2 amide bonds. The Hall–Kier alpha value is -5.22. The number of amides is 2. The Bertz CT molecular complexity index is 1940. The molecule has 0 radical (unpaired) electrons. The van der Waals surface area contributed by atoms with Gasteiger partial charge in [0.25, 0.3) is 10.0 Å². The van der Waals surface area contributed by atoms with Crippen LogP contribution in [0, 0.1) is 0 Å². The number of aromatic hydroxyl groups is 2. The third kappa shape index (κ3) is 11.1. The molecule has 4 aromatic rings. The number of rotatable bonds is 12. The zero-order chi connectivity index (χ0) is 37.2. The quantitative estimate of drug-likeness (QED) is 0.0618.